The summed E-state index contributed by atoms with van der Waals surface area (Å²) in [7, 11) is 0. The molecule has 0 aliphatic heterocycles. The van der Waals surface area contributed by atoms with Gasteiger partial charge in [0, 0.05) is 38.4 Å². The Morgan fingerprint density at radius 3 is 1.68 bits per heavy atom. The largest absolute Gasteiger partial charge is 0.309 e. The molecule has 1 aliphatic rings. The van der Waals surface area contributed by atoms with Gasteiger partial charge in [0.25, 0.3) is 0 Å². The maximum Gasteiger partial charge on any atom is 0.238 e. The van der Waals surface area contributed by atoms with E-state index in [0.717, 1.165) is 60.2 Å². The fraction of sp³-hybridized carbons (Fsp3) is 0.145. The van der Waals surface area contributed by atoms with Gasteiger partial charge in [0.15, 0.2) is 11.6 Å². The monoisotopic (exact) mass is 773 g/mol. The molecule has 0 saturated carbocycles. The zero-order valence-electron chi connectivity index (χ0n) is 34.2. The molecule has 0 amide bonds. The van der Waals surface area contributed by atoms with E-state index in [4.69, 9.17) is 15.0 Å². The summed E-state index contributed by atoms with van der Waals surface area (Å²) in [5.74, 6) is 1.86. The molecule has 0 N–H and O–H groups in total. The topological polar surface area (TPSA) is 48.5 Å². The molecule has 12 rings (SSSR count). The first-order chi connectivity index (χ1) is 29.2. The van der Waals surface area contributed by atoms with E-state index in [-0.39, 0.29) is 10.8 Å². The van der Waals surface area contributed by atoms with Crippen molar-refractivity contribution >= 4 is 65.2 Å². The van der Waals surface area contributed by atoms with Crippen molar-refractivity contribution in [2.24, 2.45) is 0 Å². The highest BCUT2D eigenvalue weighted by Gasteiger charge is 2.38. The molecule has 0 unspecified atom stereocenters. The van der Waals surface area contributed by atoms with Crippen LogP contribution in [0.5, 0.6) is 0 Å². The lowest BCUT2D eigenvalue weighted by Gasteiger charge is -2.42. The molecule has 288 valence electrons. The van der Waals surface area contributed by atoms with Crippen LogP contribution in [-0.4, -0.2) is 24.1 Å². The molecular formula is C55H43N5. The van der Waals surface area contributed by atoms with E-state index in [9.17, 15) is 0 Å². The highest BCUT2D eigenvalue weighted by Crippen LogP contribution is 2.48. The highest BCUT2D eigenvalue weighted by molar-refractivity contribution is 6.11. The van der Waals surface area contributed by atoms with Gasteiger partial charge in [-0.1, -0.05) is 143 Å². The number of fused-ring (bicyclic) bond motifs is 9. The number of hydrogen-bond acceptors (Lipinski definition) is 3. The second-order valence-corrected chi connectivity index (χ2v) is 18.0. The summed E-state index contributed by atoms with van der Waals surface area (Å²) in [6.45, 7) is 9.65. The smallest absolute Gasteiger partial charge is 0.238 e. The summed E-state index contributed by atoms with van der Waals surface area (Å²) in [5.41, 5.74) is 10.8. The quantitative estimate of drug-likeness (QED) is 0.179. The van der Waals surface area contributed by atoms with Gasteiger partial charge in [-0.2, -0.15) is 9.97 Å². The number of para-hydroxylation sites is 3. The summed E-state index contributed by atoms with van der Waals surface area (Å²) in [5, 5.41) is 9.46. The standard InChI is InChI=1S/C55H43N5/c1-54(2)28-29-55(3,4)46-33-50-44(32-45(46)54)42-19-9-10-21-47(42)59(50)38-27-26-34-24-25-36(30-37(34)31-38)51-56-52(43-20-13-15-35-14-5-6-16-39(35)43)58-53(57-51)60-48-22-11-7-17-40(48)41-18-8-12-23-49(41)60/h5-27,30-33H,28-29H2,1-4H3. The van der Waals surface area contributed by atoms with Crippen molar-refractivity contribution in [2.45, 2.75) is 51.4 Å². The van der Waals surface area contributed by atoms with E-state index >= 15 is 0 Å². The van der Waals surface area contributed by atoms with Gasteiger partial charge in [-0.05, 0) is 105 Å². The molecule has 60 heavy (non-hydrogen) atoms. The average molecular weight is 774 g/mol. The maximum atomic E-state index is 5.31. The molecule has 5 heteroatoms. The molecule has 3 aromatic heterocycles. The van der Waals surface area contributed by atoms with Crippen LogP contribution < -0.4 is 0 Å². The number of nitrogens with zero attached hydrogens (tertiary/aromatic N) is 5. The lowest BCUT2D eigenvalue weighted by atomic mass is 9.63. The fourth-order valence-corrected chi connectivity index (χ4v) is 10.1. The van der Waals surface area contributed by atoms with Gasteiger partial charge in [-0.15, -0.1) is 0 Å². The zero-order valence-corrected chi connectivity index (χ0v) is 34.2. The van der Waals surface area contributed by atoms with Crippen LogP contribution in [0, 0.1) is 0 Å². The average Bonchev–Trinajstić information content (AvgIpc) is 3.79. The number of hydrogen-bond donors (Lipinski definition) is 0. The Kier molecular flexibility index (Phi) is 7.38. The SMILES string of the molecule is CC1(C)CCC(C)(C)c2cc3c(cc21)c1ccccc1n3-c1ccc2ccc(-c3nc(-c4cccc5ccccc45)nc(-n4c5ccccc5c5ccccc54)n3)cc2c1. The van der Waals surface area contributed by atoms with Crippen molar-refractivity contribution in [3.63, 3.8) is 0 Å². The normalized spacial score (nSPS) is 14.8. The van der Waals surface area contributed by atoms with E-state index in [0.29, 0.717) is 17.6 Å². The van der Waals surface area contributed by atoms with E-state index in [2.05, 4.69) is 201 Å². The summed E-state index contributed by atoms with van der Waals surface area (Å²) in [4.78, 5) is 15.9. The number of benzene rings is 8. The van der Waals surface area contributed by atoms with Crippen molar-refractivity contribution in [3.8, 4) is 34.4 Å². The molecule has 8 aromatic carbocycles. The van der Waals surface area contributed by atoms with Gasteiger partial charge >= 0.3 is 0 Å². The zero-order chi connectivity index (χ0) is 40.3. The van der Waals surface area contributed by atoms with Gasteiger partial charge in [0.05, 0.1) is 22.1 Å². The van der Waals surface area contributed by atoms with E-state index < -0.39 is 0 Å². The predicted octanol–water partition coefficient (Wildman–Crippen LogP) is 14.1. The molecular weight excluding hydrogens is 731 g/mol. The third-order valence-electron chi connectivity index (χ3n) is 13.4. The minimum Gasteiger partial charge on any atom is -0.309 e. The van der Waals surface area contributed by atoms with Crippen LogP contribution in [0.15, 0.2) is 164 Å². The van der Waals surface area contributed by atoms with Gasteiger partial charge < -0.3 is 4.57 Å². The highest BCUT2D eigenvalue weighted by atomic mass is 15.2. The Morgan fingerprint density at radius 2 is 0.967 bits per heavy atom. The fourth-order valence-electron chi connectivity index (χ4n) is 10.1. The molecule has 0 atom stereocenters. The Morgan fingerprint density at radius 1 is 0.400 bits per heavy atom. The molecule has 11 aromatic rings. The van der Waals surface area contributed by atoms with Crippen molar-refractivity contribution < 1.29 is 0 Å². The van der Waals surface area contributed by atoms with Crippen LogP contribution in [0.2, 0.25) is 0 Å². The summed E-state index contributed by atoms with van der Waals surface area (Å²) < 4.78 is 4.66. The Balaban J connectivity index is 1.08. The minimum atomic E-state index is 0.103. The van der Waals surface area contributed by atoms with Gasteiger partial charge in [0.2, 0.25) is 5.95 Å². The van der Waals surface area contributed by atoms with Crippen molar-refractivity contribution in [1.29, 1.82) is 0 Å². The first-order valence-electron chi connectivity index (χ1n) is 21.1. The number of rotatable bonds is 4. The maximum absolute atomic E-state index is 5.31. The van der Waals surface area contributed by atoms with Crippen LogP contribution in [-0.2, 0) is 10.8 Å². The molecule has 0 fully saturated rings. The van der Waals surface area contributed by atoms with Crippen molar-refractivity contribution in [2.75, 3.05) is 0 Å². The minimum absolute atomic E-state index is 0.103. The first kappa shape index (κ1) is 34.9. The Labute approximate surface area is 348 Å². The van der Waals surface area contributed by atoms with E-state index in [1.165, 1.54) is 45.8 Å². The summed E-state index contributed by atoms with van der Waals surface area (Å²) >= 11 is 0. The summed E-state index contributed by atoms with van der Waals surface area (Å²) in [6, 6.07) is 59.1. The van der Waals surface area contributed by atoms with Crippen LogP contribution in [0.3, 0.4) is 0 Å². The van der Waals surface area contributed by atoms with Crippen LogP contribution >= 0.6 is 0 Å². The van der Waals surface area contributed by atoms with Gasteiger partial charge in [0.1, 0.15) is 0 Å². The summed E-state index contributed by atoms with van der Waals surface area (Å²) in [6.07, 6.45) is 2.37. The van der Waals surface area contributed by atoms with Crippen molar-refractivity contribution in [1.82, 2.24) is 24.1 Å². The Hall–Kier alpha value is -7.11. The molecule has 0 saturated heterocycles. The second-order valence-electron chi connectivity index (χ2n) is 18.0. The van der Waals surface area contributed by atoms with Gasteiger partial charge in [-0.3, -0.25) is 4.57 Å². The van der Waals surface area contributed by atoms with E-state index in [1.54, 1.807) is 0 Å². The van der Waals surface area contributed by atoms with Crippen LogP contribution in [0.1, 0.15) is 51.7 Å². The first-order valence-corrected chi connectivity index (χ1v) is 21.1. The van der Waals surface area contributed by atoms with Crippen LogP contribution in [0.25, 0.3) is 99.6 Å². The second kappa shape index (κ2) is 12.7. The molecule has 5 nitrogen and oxygen atoms in total. The molecule has 0 radical (unpaired) electrons. The predicted molar refractivity (Wildman–Crippen MR) is 250 cm³/mol. The molecule has 3 heterocycles. The van der Waals surface area contributed by atoms with Crippen LogP contribution in [0.4, 0.5) is 0 Å². The molecule has 0 spiro atoms. The van der Waals surface area contributed by atoms with Crippen molar-refractivity contribution in [3.05, 3.63) is 175 Å². The number of aromatic nitrogens is 5. The molecule has 0 bridgehead atoms. The molecule has 1 aliphatic carbocycles. The Bertz CT molecular complexity index is 3510. The third kappa shape index (κ3) is 5.21. The third-order valence-corrected chi connectivity index (χ3v) is 13.4. The lowest BCUT2D eigenvalue weighted by Crippen LogP contribution is -2.33. The van der Waals surface area contributed by atoms with E-state index in [1.807, 2.05) is 0 Å². The lowest BCUT2D eigenvalue weighted by molar-refractivity contribution is 0.332. The van der Waals surface area contributed by atoms with Gasteiger partial charge in [-0.25, -0.2) is 4.98 Å².